The molecule has 0 aliphatic heterocycles. The third-order valence-corrected chi connectivity index (χ3v) is 1.43. The van der Waals surface area contributed by atoms with Gasteiger partial charge in [0.15, 0.2) is 0 Å². The quantitative estimate of drug-likeness (QED) is 0.523. The fraction of sp³-hybridized carbons (Fsp3) is 0.182. The molecule has 0 aliphatic carbocycles. The van der Waals surface area contributed by atoms with Crippen LogP contribution in [0.4, 0.5) is 0 Å². The lowest BCUT2D eigenvalue weighted by molar-refractivity contribution is -0.137. The van der Waals surface area contributed by atoms with Crippen LogP contribution in [0.2, 0.25) is 0 Å². The van der Waals surface area contributed by atoms with Crippen molar-refractivity contribution in [3.05, 3.63) is 41.9 Å². The first-order valence-electron chi connectivity index (χ1n) is 4.64. The number of ether oxygens (including phenoxy) is 1. The molecule has 0 aliphatic rings. The van der Waals surface area contributed by atoms with Crippen molar-refractivity contribution in [3.63, 3.8) is 0 Å². The van der Waals surface area contributed by atoms with Gasteiger partial charge in [0.2, 0.25) is 0 Å². The molecule has 0 saturated heterocycles. The number of carbonyl (C=O) groups is 1. The summed E-state index contributed by atoms with van der Waals surface area (Å²) in [5.74, 6) is -0.587. The Morgan fingerprint density at radius 1 is 1.54 bits per heavy atom. The van der Waals surface area contributed by atoms with Crippen LogP contribution < -0.4 is 0 Å². The molecule has 0 saturated carbocycles. The van der Waals surface area contributed by atoms with Crippen molar-refractivity contribution in [2.24, 2.45) is 0 Å². The van der Waals surface area contributed by atoms with Gasteiger partial charge in [0.1, 0.15) is 0 Å². The van der Waals surface area contributed by atoms with Crippen molar-refractivity contribution < 1.29 is 10.9 Å². The molecular formula is C11H12O2. The summed E-state index contributed by atoms with van der Waals surface area (Å²) in [6, 6.07) is 9.11. The Hall–Kier alpha value is -1.57. The average Bonchev–Trinajstić information content (AvgIpc) is 2.19. The zero-order chi connectivity index (χ0) is 10.4. The monoisotopic (exact) mass is 177 g/mol. The summed E-state index contributed by atoms with van der Waals surface area (Å²) in [5.41, 5.74) is 0.825. The molecule has 0 spiro atoms. The third kappa shape index (κ3) is 3.56. The van der Waals surface area contributed by atoms with E-state index in [4.69, 9.17) is 1.37 Å². The number of carbonyl (C=O) groups excluding carboxylic acids is 1. The van der Waals surface area contributed by atoms with Crippen molar-refractivity contribution in [2.75, 3.05) is 6.61 Å². The van der Waals surface area contributed by atoms with Crippen LogP contribution in [0.5, 0.6) is 0 Å². The molecule has 2 heteroatoms. The molecule has 0 heterocycles. The minimum atomic E-state index is -0.587. The van der Waals surface area contributed by atoms with Crippen molar-refractivity contribution >= 4 is 12.0 Å². The Morgan fingerprint density at radius 2 is 2.23 bits per heavy atom. The minimum absolute atomic E-state index is 0.127. The summed E-state index contributed by atoms with van der Waals surface area (Å²) in [5, 5.41) is 0. The van der Waals surface area contributed by atoms with Crippen LogP contribution in [0.25, 0.3) is 6.08 Å². The highest BCUT2D eigenvalue weighted by molar-refractivity contribution is 5.86. The average molecular weight is 177 g/mol. The van der Waals surface area contributed by atoms with Gasteiger partial charge in [-0.1, -0.05) is 30.3 Å². The molecule has 1 rings (SSSR count). The Labute approximate surface area is 79.2 Å². The van der Waals surface area contributed by atoms with Crippen molar-refractivity contribution in [2.45, 2.75) is 6.92 Å². The first-order valence-corrected chi connectivity index (χ1v) is 4.14. The number of hydrogen-bond donors (Lipinski definition) is 0. The fourth-order valence-corrected chi connectivity index (χ4v) is 0.864. The summed E-state index contributed by atoms with van der Waals surface area (Å²) in [6.07, 6.45) is 1.48. The van der Waals surface area contributed by atoms with Gasteiger partial charge in [-0.2, -0.15) is 0 Å². The van der Waals surface area contributed by atoms with Crippen LogP contribution in [0.1, 0.15) is 13.9 Å². The normalized spacial score (nSPS) is 12.1. The number of rotatable bonds is 3. The topological polar surface area (TPSA) is 26.3 Å². The van der Waals surface area contributed by atoms with Crippen LogP contribution in [0, 0.1) is 0 Å². The maximum absolute atomic E-state index is 11.1. The lowest BCUT2D eigenvalue weighted by atomic mass is 10.2. The summed E-state index contributed by atoms with van der Waals surface area (Å²) >= 11 is 0. The fourth-order valence-electron chi connectivity index (χ4n) is 0.864. The molecule has 2 nitrogen and oxygen atoms in total. The SMILES string of the molecule is [2H]/C(=C/c1ccccc1)C(=O)OCC. The standard InChI is InChI=1S/C11H12O2/c1-2-13-11(12)9-8-10-6-4-3-5-7-10/h3-9H,2H2,1H3/b9-8-/i9D. The molecule has 13 heavy (non-hydrogen) atoms. The Balaban J connectivity index is 2.74. The van der Waals surface area contributed by atoms with Crippen molar-refractivity contribution in [1.82, 2.24) is 0 Å². The molecule has 68 valence electrons. The van der Waals surface area contributed by atoms with Crippen LogP contribution in [0.3, 0.4) is 0 Å². The van der Waals surface area contributed by atoms with E-state index in [1.807, 2.05) is 30.3 Å². The first-order chi connectivity index (χ1) is 6.74. The Morgan fingerprint density at radius 3 is 2.85 bits per heavy atom. The number of hydrogen-bond acceptors (Lipinski definition) is 2. The van der Waals surface area contributed by atoms with Gasteiger partial charge in [0.25, 0.3) is 0 Å². The molecule has 1 aromatic carbocycles. The molecule has 0 bridgehead atoms. The van der Waals surface area contributed by atoms with Gasteiger partial charge >= 0.3 is 5.97 Å². The smallest absolute Gasteiger partial charge is 0.330 e. The van der Waals surface area contributed by atoms with Crippen molar-refractivity contribution in [3.8, 4) is 0 Å². The Bertz CT molecular complexity index is 330. The second-order valence-corrected chi connectivity index (χ2v) is 2.42. The van der Waals surface area contributed by atoms with Crippen molar-refractivity contribution in [1.29, 1.82) is 0 Å². The van der Waals surface area contributed by atoms with E-state index >= 15 is 0 Å². The summed E-state index contributed by atoms with van der Waals surface area (Å²) in [7, 11) is 0. The third-order valence-electron chi connectivity index (χ3n) is 1.43. The summed E-state index contributed by atoms with van der Waals surface area (Å²) < 4.78 is 12.1. The van der Waals surface area contributed by atoms with E-state index in [0.717, 1.165) is 5.56 Å². The van der Waals surface area contributed by atoms with E-state index in [-0.39, 0.29) is 6.05 Å². The predicted octanol–water partition coefficient (Wildman–Crippen LogP) is 2.26. The predicted molar refractivity (Wildman–Crippen MR) is 52.1 cm³/mol. The Kier molecular flexibility index (Phi) is 3.18. The van der Waals surface area contributed by atoms with Gasteiger partial charge in [0.05, 0.1) is 7.98 Å². The highest BCUT2D eigenvalue weighted by Crippen LogP contribution is 2.00. The van der Waals surface area contributed by atoms with Crippen LogP contribution in [-0.2, 0) is 9.53 Å². The molecular weight excluding hydrogens is 164 g/mol. The minimum Gasteiger partial charge on any atom is -0.463 e. The highest BCUT2D eigenvalue weighted by atomic mass is 16.5. The van der Waals surface area contributed by atoms with E-state index in [1.54, 1.807) is 6.92 Å². The number of benzene rings is 1. The zero-order valence-corrected chi connectivity index (χ0v) is 7.49. The van der Waals surface area contributed by atoms with E-state index < -0.39 is 5.97 Å². The van der Waals surface area contributed by atoms with Gasteiger partial charge in [-0.25, -0.2) is 4.79 Å². The summed E-state index contributed by atoms with van der Waals surface area (Å²) in [4.78, 5) is 11.1. The second kappa shape index (κ2) is 5.14. The van der Waals surface area contributed by atoms with E-state index in [9.17, 15) is 4.79 Å². The van der Waals surface area contributed by atoms with Gasteiger partial charge in [-0.05, 0) is 18.6 Å². The number of esters is 1. The molecule has 0 radical (unpaired) electrons. The summed E-state index contributed by atoms with van der Waals surface area (Å²) in [6.45, 7) is 2.01. The van der Waals surface area contributed by atoms with Gasteiger partial charge in [-0.3, -0.25) is 0 Å². The van der Waals surface area contributed by atoms with Crippen LogP contribution in [-0.4, -0.2) is 12.6 Å². The van der Waals surface area contributed by atoms with Gasteiger partial charge < -0.3 is 4.74 Å². The van der Waals surface area contributed by atoms with Crippen LogP contribution >= 0.6 is 0 Å². The maximum atomic E-state index is 11.1. The second-order valence-electron chi connectivity index (χ2n) is 2.42. The lowest BCUT2D eigenvalue weighted by Gasteiger charge is -1.94. The molecule has 0 aromatic heterocycles. The van der Waals surface area contributed by atoms with E-state index in [2.05, 4.69) is 4.74 Å². The van der Waals surface area contributed by atoms with E-state index in [1.165, 1.54) is 6.08 Å². The van der Waals surface area contributed by atoms with Crippen LogP contribution in [0.15, 0.2) is 36.4 Å². The van der Waals surface area contributed by atoms with Gasteiger partial charge in [0, 0.05) is 6.05 Å². The molecule has 1 aromatic rings. The maximum Gasteiger partial charge on any atom is 0.330 e. The molecule has 0 N–H and O–H groups in total. The van der Waals surface area contributed by atoms with E-state index in [0.29, 0.717) is 6.61 Å². The first kappa shape index (κ1) is 8.05. The lowest BCUT2D eigenvalue weighted by Crippen LogP contribution is -1.98. The molecule has 0 amide bonds. The highest BCUT2D eigenvalue weighted by Gasteiger charge is 1.92. The van der Waals surface area contributed by atoms with Gasteiger partial charge in [-0.15, -0.1) is 0 Å². The molecule has 0 unspecified atom stereocenters. The molecule has 0 atom stereocenters. The largest absolute Gasteiger partial charge is 0.463 e. The zero-order valence-electron chi connectivity index (χ0n) is 8.49. The molecule has 0 fully saturated rings.